The molecule has 1 aromatic heterocycles. The molecule has 3 nitrogen and oxygen atoms in total. The number of benzene rings is 2. The first-order valence-corrected chi connectivity index (χ1v) is 7.72. The average molecular weight is 290 g/mol. The van der Waals surface area contributed by atoms with Gasteiger partial charge in [0.2, 0.25) is 5.91 Å². The molecule has 3 heteroatoms. The smallest absolute Gasteiger partial charge is 0.223 e. The van der Waals surface area contributed by atoms with Crippen LogP contribution in [-0.2, 0) is 11.3 Å². The monoisotopic (exact) mass is 290 g/mol. The normalized spacial score (nSPS) is 18.3. The molecule has 1 fully saturated rings. The number of carbonyl (C=O) groups excluding carboxylic acids is 1. The van der Waals surface area contributed by atoms with E-state index in [-0.39, 0.29) is 11.9 Å². The van der Waals surface area contributed by atoms with Crippen LogP contribution < -0.4 is 0 Å². The highest BCUT2D eigenvalue weighted by Gasteiger charge is 2.33. The molecule has 0 bridgehead atoms. The Labute approximate surface area is 129 Å². The Morgan fingerprint density at radius 1 is 1.05 bits per heavy atom. The van der Waals surface area contributed by atoms with E-state index < -0.39 is 0 Å². The van der Waals surface area contributed by atoms with Crippen molar-refractivity contribution >= 4 is 16.8 Å². The molecule has 1 unspecified atom stereocenters. The molecule has 0 saturated carbocycles. The maximum absolute atomic E-state index is 12.3. The van der Waals surface area contributed by atoms with Crippen LogP contribution in [0.2, 0.25) is 0 Å². The number of fused-ring (bicyclic) bond motifs is 1. The topological polar surface area (TPSA) is 36.1 Å². The predicted molar refractivity (Wildman–Crippen MR) is 87.3 cm³/mol. The fourth-order valence-corrected chi connectivity index (χ4v) is 3.40. The molecule has 2 heterocycles. The van der Waals surface area contributed by atoms with Crippen molar-refractivity contribution < 1.29 is 4.79 Å². The summed E-state index contributed by atoms with van der Waals surface area (Å²) in [5.74, 6) is 0.249. The summed E-state index contributed by atoms with van der Waals surface area (Å²) in [7, 11) is 0. The third-order valence-corrected chi connectivity index (χ3v) is 4.50. The SMILES string of the molecule is O=C1CCC(c2c[nH]c3ccccc23)N1Cc1ccccc1. The molecular weight excluding hydrogens is 272 g/mol. The van der Waals surface area contributed by atoms with Gasteiger partial charge in [-0.1, -0.05) is 48.5 Å². The number of rotatable bonds is 3. The first-order chi connectivity index (χ1) is 10.8. The fourth-order valence-electron chi connectivity index (χ4n) is 3.40. The second-order valence-electron chi connectivity index (χ2n) is 5.85. The van der Waals surface area contributed by atoms with Crippen LogP contribution in [0.25, 0.3) is 10.9 Å². The summed E-state index contributed by atoms with van der Waals surface area (Å²) in [5, 5.41) is 1.22. The first kappa shape index (κ1) is 13.1. The number of para-hydroxylation sites is 1. The number of nitrogens with one attached hydrogen (secondary N) is 1. The van der Waals surface area contributed by atoms with Gasteiger partial charge >= 0.3 is 0 Å². The molecule has 1 aliphatic rings. The van der Waals surface area contributed by atoms with Gasteiger partial charge in [0.15, 0.2) is 0 Å². The lowest BCUT2D eigenvalue weighted by Crippen LogP contribution is -2.27. The molecule has 1 amide bonds. The highest BCUT2D eigenvalue weighted by Crippen LogP contribution is 2.37. The largest absolute Gasteiger partial charge is 0.361 e. The van der Waals surface area contributed by atoms with Crippen LogP contribution in [0.15, 0.2) is 60.8 Å². The number of likely N-dealkylation sites (tertiary alicyclic amines) is 1. The molecule has 1 atom stereocenters. The Kier molecular flexibility index (Phi) is 3.19. The van der Waals surface area contributed by atoms with Gasteiger partial charge < -0.3 is 9.88 Å². The number of nitrogens with zero attached hydrogens (tertiary/aromatic N) is 1. The minimum atomic E-state index is 0.170. The van der Waals surface area contributed by atoms with Crippen LogP contribution in [0, 0.1) is 0 Å². The number of amides is 1. The number of carbonyl (C=O) groups is 1. The highest BCUT2D eigenvalue weighted by molar-refractivity contribution is 5.86. The number of H-pyrrole nitrogens is 1. The lowest BCUT2D eigenvalue weighted by molar-refractivity contribution is -0.129. The lowest BCUT2D eigenvalue weighted by atomic mass is 10.0. The summed E-state index contributed by atoms with van der Waals surface area (Å²) < 4.78 is 0. The van der Waals surface area contributed by atoms with E-state index in [2.05, 4.69) is 41.5 Å². The number of aromatic nitrogens is 1. The predicted octanol–water partition coefficient (Wildman–Crippen LogP) is 4.03. The van der Waals surface area contributed by atoms with Gasteiger partial charge in [0.05, 0.1) is 6.04 Å². The van der Waals surface area contributed by atoms with E-state index in [1.807, 2.05) is 29.2 Å². The van der Waals surface area contributed by atoms with Crippen LogP contribution in [0.1, 0.15) is 30.0 Å². The van der Waals surface area contributed by atoms with Crippen molar-refractivity contribution in [3.8, 4) is 0 Å². The molecule has 0 aliphatic carbocycles. The minimum Gasteiger partial charge on any atom is -0.361 e. The van der Waals surface area contributed by atoms with E-state index in [1.165, 1.54) is 16.5 Å². The number of hydrogen-bond donors (Lipinski definition) is 1. The van der Waals surface area contributed by atoms with Crippen molar-refractivity contribution in [2.24, 2.45) is 0 Å². The summed E-state index contributed by atoms with van der Waals surface area (Å²) in [4.78, 5) is 17.7. The average Bonchev–Trinajstić information content (AvgIpc) is 3.13. The Bertz CT molecular complexity index is 806. The number of hydrogen-bond acceptors (Lipinski definition) is 1. The zero-order valence-electron chi connectivity index (χ0n) is 12.3. The molecule has 4 rings (SSSR count). The number of aromatic amines is 1. The Morgan fingerprint density at radius 3 is 2.68 bits per heavy atom. The maximum Gasteiger partial charge on any atom is 0.223 e. The summed E-state index contributed by atoms with van der Waals surface area (Å²) in [6.07, 6.45) is 3.59. The van der Waals surface area contributed by atoms with Crippen LogP contribution in [0.3, 0.4) is 0 Å². The molecular formula is C19H18N2O. The van der Waals surface area contributed by atoms with E-state index in [1.54, 1.807) is 0 Å². The van der Waals surface area contributed by atoms with Crippen molar-refractivity contribution in [1.82, 2.24) is 9.88 Å². The van der Waals surface area contributed by atoms with E-state index in [0.29, 0.717) is 13.0 Å². The van der Waals surface area contributed by atoms with Crippen LogP contribution >= 0.6 is 0 Å². The van der Waals surface area contributed by atoms with Gasteiger partial charge in [0.25, 0.3) is 0 Å². The maximum atomic E-state index is 12.3. The Hall–Kier alpha value is -2.55. The summed E-state index contributed by atoms with van der Waals surface area (Å²) in [5.41, 5.74) is 3.55. The van der Waals surface area contributed by atoms with E-state index in [9.17, 15) is 4.79 Å². The summed E-state index contributed by atoms with van der Waals surface area (Å²) in [6, 6.07) is 18.7. The van der Waals surface area contributed by atoms with E-state index >= 15 is 0 Å². The third kappa shape index (κ3) is 2.19. The van der Waals surface area contributed by atoms with Crippen molar-refractivity contribution in [1.29, 1.82) is 0 Å². The van der Waals surface area contributed by atoms with Gasteiger partial charge in [-0.3, -0.25) is 4.79 Å². The zero-order valence-corrected chi connectivity index (χ0v) is 12.3. The van der Waals surface area contributed by atoms with Crippen molar-refractivity contribution in [3.63, 3.8) is 0 Å². The van der Waals surface area contributed by atoms with Gasteiger partial charge in [-0.05, 0) is 23.6 Å². The van der Waals surface area contributed by atoms with Gasteiger partial charge in [-0.2, -0.15) is 0 Å². The van der Waals surface area contributed by atoms with Crippen LogP contribution in [-0.4, -0.2) is 15.8 Å². The second-order valence-corrected chi connectivity index (χ2v) is 5.85. The molecule has 1 N–H and O–H groups in total. The Balaban J connectivity index is 1.69. The molecule has 0 spiro atoms. The molecule has 1 saturated heterocycles. The first-order valence-electron chi connectivity index (χ1n) is 7.72. The minimum absolute atomic E-state index is 0.170. The van der Waals surface area contributed by atoms with Crippen LogP contribution in [0.4, 0.5) is 0 Å². The van der Waals surface area contributed by atoms with Crippen molar-refractivity contribution in [3.05, 3.63) is 71.9 Å². The van der Waals surface area contributed by atoms with Gasteiger partial charge in [0, 0.05) is 30.1 Å². The molecule has 110 valence electrons. The standard InChI is InChI=1S/C19H18N2O/c22-19-11-10-18(21(19)13-14-6-2-1-3-7-14)16-12-20-17-9-5-4-8-15(16)17/h1-9,12,18,20H,10-11,13H2. The fraction of sp³-hybridized carbons (Fsp3) is 0.211. The third-order valence-electron chi connectivity index (χ3n) is 4.50. The molecule has 0 radical (unpaired) electrons. The summed E-state index contributed by atoms with van der Waals surface area (Å²) >= 11 is 0. The highest BCUT2D eigenvalue weighted by atomic mass is 16.2. The Morgan fingerprint density at radius 2 is 1.82 bits per heavy atom. The quantitative estimate of drug-likeness (QED) is 0.776. The van der Waals surface area contributed by atoms with E-state index in [4.69, 9.17) is 0 Å². The van der Waals surface area contributed by atoms with E-state index in [0.717, 1.165) is 11.9 Å². The van der Waals surface area contributed by atoms with Gasteiger partial charge in [-0.25, -0.2) is 0 Å². The zero-order chi connectivity index (χ0) is 14.9. The molecule has 3 aromatic rings. The summed E-state index contributed by atoms with van der Waals surface area (Å²) in [6.45, 7) is 0.684. The molecule has 1 aliphatic heterocycles. The van der Waals surface area contributed by atoms with Crippen molar-refractivity contribution in [2.75, 3.05) is 0 Å². The molecule has 2 aromatic carbocycles. The van der Waals surface area contributed by atoms with Gasteiger partial charge in [-0.15, -0.1) is 0 Å². The van der Waals surface area contributed by atoms with Crippen molar-refractivity contribution in [2.45, 2.75) is 25.4 Å². The second kappa shape index (κ2) is 5.34. The lowest BCUT2D eigenvalue weighted by Gasteiger charge is -2.25. The van der Waals surface area contributed by atoms with Crippen LogP contribution in [0.5, 0.6) is 0 Å². The molecule has 22 heavy (non-hydrogen) atoms. The van der Waals surface area contributed by atoms with Gasteiger partial charge in [0.1, 0.15) is 0 Å².